The van der Waals surface area contributed by atoms with Crippen LogP contribution in [-0.2, 0) is 55.5 Å². The second-order valence-corrected chi connectivity index (χ2v) is 24.0. The summed E-state index contributed by atoms with van der Waals surface area (Å²) in [6.07, 6.45) is 4.70. The van der Waals surface area contributed by atoms with Gasteiger partial charge in [0.25, 0.3) is 0 Å². The molecule has 0 bridgehead atoms. The molecule has 0 fully saturated rings. The maximum atomic E-state index is 13.5. The molecule has 2 aliphatic heterocycles. The van der Waals surface area contributed by atoms with E-state index in [1.54, 1.807) is 69.0 Å². The van der Waals surface area contributed by atoms with Gasteiger partial charge in [-0.3, -0.25) is 9.59 Å². The number of quaternary nitrogens is 2. The number of ether oxygens (including phenoxy) is 8. The van der Waals surface area contributed by atoms with Crippen molar-refractivity contribution in [3.05, 3.63) is 155 Å². The molecule has 0 saturated heterocycles. The van der Waals surface area contributed by atoms with Gasteiger partial charge in [0, 0.05) is 49.9 Å². The minimum absolute atomic E-state index is 0.0175. The molecule has 8 rings (SSSR count). The second-order valence-electron chi connectivity index (χ2n) is 21.2. The van der Waals surface area contributed by atoms with Crippen molar-refractivity contribution in [3.8, 4) is 46.0 Å². The van der Waals surface area contributed by atoms with Gasteiger partial charge in [-0.2, -0.15) is 0 Å². The summed E-state index contributed by atoms with van der Waals surface area (Å²) in [6.45, 7) is -3.29. The molecule has 2 aliphatic rings. The number of nitrogens with zero attached hydrogens (tertiary/aromatic N) is 2. The molecule has 478 valence electrons. The van der Waals surface area contributed by atoms with Gasteiger partial charge < -0.3 is 66.6 Å². The Morgan fingerprint density at radius 2 is 0.795 bits per heavy atom. The maximum Gasteiger partial charge on any atom is 0.225 e. The number of fused-ring (bicyclic) bond motifs is 2. The highest BCUT2D eigenvalue weighted by Crippen LogP contribution is 2.45. The molecular formula is C66H86N4O16S2. The van der Waals surface area contributed by atoms with Gasteiger partial charge >= 0.3 is 0 Å². The fourth-order valence-corrected chi connectivity index (χ4v) is 12.0. The molecule has 0 spiro atoms. The molecule has 6 aromatic carbocycles. The zero-order valence-corrected chi connectivity index (χ0v) is 52.9. The lowest BCUT2D eigenvalue weighted by atomic mass is 9.86. The van der Waals surface area contributed by atoms with E-state index >= 15 is 0 Å². The highest BCUT2D eigenvalue weighted by molar-refractivity contribution is 7.86. The molecule has 4 unspecified atom stereocenters. The summed E-state index contributed by atoms with van der Waals surface area (Å²) >= 11 is 0. The molecule has 6 aromatic rings. The molecule has 0 radical (unpaired) electrons. The van der Waals surface area contributed by atoms with Gasteiger partial charge in [-0.15, -0.1) is 0 Å². The standard InChI is InChI=1S/C54H74N4O10.2C6H6O3S/c1-57(25-19-39-33-49(65-7)51(67-9)35-41(39)43(57)29-37-15-17-45(61-3)47(31-37)63-5)27-21-53(59)55-23-13-11-12-14-24-56-54(60)22-28-58(2)26-20-40-34-50(66-8)52(68-10)36-42(40)44(58)30-38-16-18-46(62-4)48(32-38)64-6;2*7-10(8,9)6-4-2-1-3-5-6/h15-18,31-36,43-44H,11-14,19-30H2,1-10H3;2*1-5H,(H,7,8,9)/i1D3,2D3;;. The first-order valence-corrected chi connectivity index (χ1v) is 31.6. The number of amides is 2. The fraction of sp³-hybridized carbons (Fsp3) is 0.424. The van der Waals surface area contributed by atoms with E-state index < -0.39 is 46.3 Å². The van der Waals surface area contributed by atoms with Crippen LogP contribution in [-0.4, -0.2) is 157 Å². The summed E-state index contributed by atoms with van der Waals surface area (Å²) in [6, 6.07) is 32.1. The van der Waals surface area contributed by atoms with E-state index in [2.05, 4.69) is 10.6 Å². The zero-order chi connectivity index (χ0) is 69.1. The third-order valence-electron chi connectivity index (χ3n) is 15.8. The molecule has 4 atom stereocenters. The first kappa shape index (κ1) is 60.7. The van der Waals surface area contributed by atoms with Crippen LogP contribution in [0.3, 0.4) is 0 Å². The molecule has 88 heavy (non-hydrogen) atoms. The number of likely N-dealkylation sites (N-methyl/N-ethyl adjacent to an activating group) is 2. The summed E-state index contributed by atoms with van der Waals surface area (Å²) in [7, 11) is 4.00. The minimum atomic E-state index is -4.25. The van der Waals surface area contributed by atoms with Crippen molar-refractivity contribution in [1.29, 1.82) is 0 Å². The number of hydrogen-bond acceptors (Lipinski definition) is 16. The lowest BCUT2D eigenvalue weighted by Crippen LogP contribution is -2.53. The van der Waals surface area contributed by atoms with Crippen molar-refractivity contribution >= 4 is 32.1 Å². The lowest BCUT2D eigenvalue weighted by Gasteiger charge is -2.46. The molecule has 2 amide bonds. The predicted molar refractivity (Wildman–Crippen MR) is 333 cm³/mol. The van der Waals surface area contributed by atoms with Crippen molar-refractivity contribution in [2.45, 2.75) is 86.1 Å². The smallest absolute Gasteiger partial charge is 0.225 e. The van der Waals surface area contributed by atoms with Crippen LogP contribution in [0.2, 0.25) is 0 Å². The number of methoxy groups -OCH3 is 8. The van der Waals surface area contributed by atoms with Crippen LogP contribution in [0, 0.1) is 0 Å². The molecular weight excluding hydrogens is 1170 g/mol. The van der Waals surface area contributed by atoms with Gasteiger partial charge in [0.2, 0.25) is 11.8 Å². The minimum Gasteiger partial charge on any atom is -0.744 e. The van der Waals surface area contributed by atoms with Crippen LogP contribution in [0.5, 0.6) is 46.0 Å². The molecule has 22 heteroatoms. The normalized spacial score (nSPS) is 18.9. The first-order chi connectivity index (χ1) is 44.6. The van der Waals surface area contributed by atoms with Crippen molar-refractivity contribution in [1.82, 2.24) is 10.6 Å². The van der Waals surface area contributed by atoms with Crippen LogP contribution in [0.15, 0.2) is 131 Å². The molecule has 0 aromatic heterocycles. The van der Waals surface area contributed by atoms with E-state index in [4.69, 9.17) is 46.1 Å². The Bertz CT molecular complexity index is 3480. The zero-order valence-electron chi connectivity index (χ0n) is 57.3. The summed E-state index contributed by atoms with van der Waals surface area (Å²) in [5.74, 6) is 3.90. The molecule has 20 nitrogen and oxygen atoms in total. The van der Waals surface area contributed by atoms with E-state index in [-0.39, 0.29) is 56.5 Å². The largest absolute Gasteiger partial charge is 0.744 e. The van der Waals surface area contributed by atoms with E-state index in [9.17, 15) is 35.5 Å². The third-order valence-corrected chi connectivity index (χ3v) is 17.5. The third kappa shape index (κ3) is 19.0. The molecule has 2 heterocycles. The van der Waals surface area contributed by atoms with Crippen molar-refractivity contribution < 1.29 is 90.6 Å². The van der Waals surface area contributed by atoms with E-state index in [1.165, 1.54) is 48.5 Å². The average molecular weight is 1260 g/mol. The van der Waals surface area contributed by atoms with Crippen LogP contribution < -0.4 is 48.5 Å². The second kappa shape index (κ2) is 32.6. The Morgan fingerprint density at radius 1 is 0.466 bits per heavy atom. The van der Waals surface area contributed by atoms with Crippen LogP contribution in [0.25, 0.3) is 0 Å². The quantitative estimate of drug-likeness (QED) is 0.0278. The van der Waals surface area contributed by atoms with Crippen molar-refractivity contribution in [2.75, 3.05) is 110 Å². The average Bonchev–Trinajstić information content (AvgIpc) is 0.743. The first-order valence-electron chi connectivity index (χ1n) is 31.8. The number of unbranched alkanes of at least 4 members (excludes halogenated alkanes) is 3. The Morgan fingerprint density at radius 3 is 1.10 bits per heavy atom. The number of carbonyl (C=O) groups excluding carboxylic acids is 2. The Labute approximate surface area is 528 Å². The lowest BCUT2D eigenvalue weighted by molar-refractivity contribution is -0.940. The predicted octanol–water partition coefficient (Wildman–Crippen LogP) is 8.78. The molecule has 0 aliphatic carbocycles. The van der Waals surface area contributed by atoms with Crippen molar-refractivity contribution in [3.63, 3.8) is 0 Å². The number of hydrogen-bond donors (Lipinski definition) is 2. The highest BCUT2D eigenvalue weighted by atomic mass is 32.2. The highest BCUT2D eigenvalue weighted by Gasteiger charge is 2.42. The summed E-state index contributed by atoms with van der Waals surface area (Å²) in [5, 5.41) is 6.03. The van der Waals surface area contributed by atoms with E-state index in [0.29, 0.717) is 111 Å². The van der Waals surface area contributed by atoms with Crippen molar-refractivity contribution in [2.24, 2.45) is 0 Å². The molecule has 0 saturated carbocycles. The van der Waals surface area contributed by atoms with Gasteiger partial charge in [-0.1, -0.05) is 61.4 Å². The number of nitrogens with one attached hydrogen (secondary N) is 2. The maximum absolute atomic E-state index is 13.5. The van der Waals surface area contributed by atoms with E-state index in [0.717, 1.165) is 46.2 Å². The number of rotatable bonds is 27. The SMILES string of the molecule is O=S(=O)([O-])c1ccccc1.O=S(=O)([O-])c1ccccc1.[2H]C([2H])([2H])[N+]1(CCC(=O)NCCCCCCNC(=O)CC[N+]2(C([2H])([2H])[2H])CCc3cc(OC)c(OC)cc3C2Cc2ccc(OC)c(OC)c2)CCc2cc(OC)c(OC)cc2C1Cc1ccc(OC)c(OC)c1. The van der Waals surface area contributed by atoms with Crippen LogP contribution in [0.1, 0.15) is 92.2 Å². The van der Waals surface area contributed by atoms with Gasteiger partial charge in [0.15, 0.2) is 46.0 Å². The molecule has 2 N–H and O–H groups in total. The Kier molecular flexibility index (Phi) is 22.5. The summed E-state index contributed by atoms with van der Waals surface area (Å²) in [5.41, 5.74) is 5.34. The summed E-state index contributed by atoms with van der Waals surface area (Å²) < 4.78 is 160. The van der Waals surface area contributed by atoms with E-state index in [1.807, 2.05) is 60.7 Å². The monoisotopic (exact) mass is 1260 g/mol. The number of benzene rings is 6. The van der Waals surface area contributed by atoms with Gasteiger partial charge in [-0.05, 0) is 108 Å². The Hall–Kier alpha value is -7.60. The fourth-order valence-electron chi connectivity index (χ4n) is 11.0. The van der Waals surface area contributed by atoms with Gasteiger partial charge in [0.1, 0.15) is 32.3 Å². The van der Waals surface area contributed by atoms with Gasteiger partial charge in [-0.25, -0.2) is 16.8 Å². The summed E-state index contributed by atoms with van der Waals surface area (Å²) in [4.78, 5) is 26.6. The number of carbonyl (C=O) groups is 2. The Balaban J connectivity index is 0.000000592. The van der Waals surface area contributed by atoms with Gasteiger partial charge in [0.05, 0.1) is 128 Å². The topological polar surface area (TPSA) is 246 Å². The van der Waals surface area contributed by atoms with Crippen LogP contribution >= 0.6 is 0 Å². The van der Waals surface area contributed by atoms with Crippen LogP contribution in [0.4, 0.5) is 0 Å².